The average Bonchev–Trinajstić information content (AvgIpc) is 2.34. The monoisotopic (exact) mass is 277 g/mol. The molecule has 1 aromatic rings. The summed E-state index contributed by atoms with van der Waals surface area (Å²) in [5.41, 5.74) is 1.11. The number of ether oxygens (including phenoxy) is 1. The second-order valence-electron chi connectivity index (χ2n) is 4.28. The lowest BCUT2D eigenvalue weighted by Crippen LogP contribution is -2.32. The van der Waals surface area contributed by atoms with Gasteiger partial charge in [0.1, 0.15) is 12.4 Å². The maximum absolute atomic E-state index is 11.9. The third kappa shape index (κ3) is 4.03. The third-order valence-corrected chi connectivity index (χ3v) is 2.74. The normalized spacial score (nSPS) is 15.3. The average molecular weight is 277 g/mol. The Balaban J connectivity index is 1.94. The van der Waals surface area contributed by atoms with Gasteiger partial charge in [0.15, 0.2) is 0 Å². The van der Waals surface area contributed by atoms with Crippen LogP contribution in [0.4, 0.5) is 13.2 Å². The van der Waals surface area contributed by atoms with Crippen molar-refractivity contribution in [2.75, 3.05) is 19.8 Å². The largest absolute Gasteiger partial charge is 0.411 e. The molecule has 8 heteroatoms. The fraction of sp³-hybridized carbons (Fsp3) is 0.636. The molecule has 0 unspecified atom stereocenters. The lowest BCUT2D eigenvalue weighted by molar-refractivity contribution is -0.173. The first-order valence-corrected chi connectivity index (χ1v) is 5.92. The van der Waals surface area contributed by atoms with Crippen molar-refractivity contribution >= 4 is 0 Å². The van der Waals surface area contributed by atoms with Crippen molar-refractivity contribution < 1.29 is 17.9 Å². The van der Waals surface area contributed by atoms with Crippen molar-refractivity contribution in [3.8, 4) is 0 Å². The van der Waals surface area contributed by atoms with Gasteiger partial charge in [-0.25, -0.2) is 4.98 Å². The summed E-state index contributed by atoms with van der Waals surface area (Å²) >= 11 is 0. The first-order valence-electron chi connectivity index (χ1n) is 5.92. The van der Waals surface area contributed by atoms with E-state index in [2.05, 4.69) is 20.0 Å². The Hall–Kier alpha value is -1.41. The number of halogens is 3. The molecule has 0 aromatic carbocycles. The zero-order valence-electron chi connectivity index (χ0n) is 10.1. The number of hydrogen-bond donors (Lipinski definition) is 2. The Bertz CT molecular complexity index is 499. The summed E-state index contributed by atoms with van der Waals surface area (Å²) in [5.74, 6) is 0.356. The van der Waals surface area contributed by atoms with E-state index in [1.165, 1.54) is 0 Å². The van der Waals surface area contributed by atoms with Crippen molar-refractivity contribution in [2.45, 2.75) is 25.6 Å². The molecule has 1 aromatic heterocycles. The summed E-state index contributed by atoms with van der Waals surface area (Å²) in [4.78, 5) is 18.5. The van der Waals surface area contributed by atoms with Gasteiger partial charge in [0, 0.05) is 18.5 Å². The van der Waals surface area contributed by atoms with E-state index in [1.54, 1.807) is 0 Å². The van der Waals surface area contributed by atoms with Crippen LogP contribution in [0.15, 0.2) is 4.79 Å². The first kappa shape index (κ1) is 14.0. The van der Waals surface area contributed by atoms with Crippen molar-refractivity contribution in [3.05, 3.63) is 27.4 Å². The van der Waals surface area contributed by atoms with Gasteiger partial charge in [-0.2, -0.15) is 13.2 Å². The van der Waals surface area contributed by atoms with Crippen molar-refractivity contribution in [1.82, 2.24) is 15.3 Å². The van der Waals surface area contributed by atoms with E-state index < -0.39 is 12.8 Å². The van der Waals surface area contributed by atoms with E-state index in [-0.39, 0.29) is 18.6 Å². The van der Waals surface area contributed by atoms with Crippen molar-refractivity contribution in [2.24, 2.45) is 0 Å². The predicted octanol–water partition coefficient (Wildman–Crippen LogP) is 0.537. The van der Waals surface area contributed by atoms with E-state index in [1.807, 2.05) is 0 Å². The van der Waals surface area contributed by atoms with Gasteiger partial charge in [-0.05, 0) is 13.0 Å². The highest BCUT2D eigenvalue weighted by Gasteiger charge is 2.27. The lowest BCUT2D eigenvalue weighted by atomic mass is 10.1. The molecule has 2 N–H and O–H groups in total. The van der Waals surface area contributed by atoms with Crippen LogP contribution in [-0.2, 0) is 24.1 Å². The minimum atomic E-state index is -4.33. The van der Waals surface area contributed by atoms with Crippen LogP contribution in [-0.4, -0.2) is 35.9 Å². The molecule has 2 heterocycles. The third-order valence-electron chi connectivity index (χ3n) is 2.74. The van der Waals surface area contributed by atoms with Gasteiger partial charge in [0.25, 0.3) is 5.56 Å². The van der Waals surface area contributed by atoms with Gasteiger partial charge < -0.3 is 15.0 Å². The lowest BCUT2D eigenvalue weighted by Gasteiger charge is -2.15. The van der Waals surface area contributed by atoms with Gasteiger partial charge in [-0.1, -0.05) is 0 Å². The Morgan fingerprint density at radius 2 is 2.16 bits per heavy atom. The number of nitrogens with one attached hydrogen (secondary N) is 2. The number of nitrogens with zero attached hydrogens (tertiary/aromatic N) is 1. The van der Waals surface area contributed by atoms with Gasteiger partial charge in [-0.3, -0.25) is 4.79 Å². The summed E-state index contributed by atoms with van der Waals surface area (Å²) in [6.07, 6.45) is -3.57. The summed E-state index contributed by atoms with van der Waals surface area (Å²) in [6, 6.07) is 0. The highest BCUT2D eigenvalue weighted by Crippen LogP contribution is 2.14. The highest BCUT2D eigenvalue weighted by molar-refractivity contribution is 5.20. The number of aromatic nitrogens is 2. The first-order chi connectivity index (χ1) is 8.96. The van der Waals surface area contributed by atoms with Gasteiger partial charge in [0.05, 0.1) is 12.3 Å². The van der Waals surface area contributed by atoms with Crippen LogP contribution in [0.25, 0.3) is 0 Å². The fourth-order valence-corrected chi connectivity index (χ4v) is 1.90. The van der Waals surface area contributed by atoms with E-state index in [0.717, 1.165) is 6.54 Å². The molecule has 19 heavy (non-hydrogen) atoms. The van der Waals surface area contributed by atoms with Crippen LogP contribution in [0.1, 0.15) is 17.1 Å². The second kappa shape index (κ2) is 5.70. The van der Waals surface area contributed by atoms with E-state index in [0.29, 0.717) is 30.0 Å². The van der Waals surface area contributed by atoms with E-state index >= 15 is 0 Å². The number of hydrogen-bond acceptors (Lipinski definition) is 4. The smallest absolute Gasteiger partial charge is 0.372 e. The van der Waals surface area contributed by atoms with Crippen LogP contribution in [0.2, 0.25) is 0 Å². The molecule has 1 aliphatic rings. The Morgan fingerprint density at radius 3 is 2.89 bits per heavy atom. The number of aromatic amines is 1. The number of alkyl halides is 3. The predicted molar refractivity (Wildman–Crippen MR) is 60.8 cm³/mol. The van der Waals surface area contributed by atoms with Gasteiger partial charge in [-0.15, -0.1) is 0 Å². The van der Waals surface area contributed by atoms with Crippen LogP contribution < -0.4 is 10.9 Å². The number of fused-ring (bicyclic) bond motifs is 1. The zero-order valence-corrected chi connectivity index (χ0v) is 10.1. The second-order valence-corrected chi connectivity index (χ2v) is 4.28. The maximum atomic E-state index is 11.9. The summed E-state index contributed by atoms with van der Waals surface area (Å²) in [5, 5.41) is 3.09. The molecule has 0 atom stereocenters. The minimum Gasteiger partial charge on any atom is -0.372 e. The summed E-state index contributed by atoms with van der Waals surface area (Å²) in [6.45, 7) is -0.181. The Kier molecular flexibility index (Phi) is 4.20. The van der Waals surface area contributed by atoms with Gasteiger partial charge >= 0.3 is 6.18 Å². The molecule has 0 saturated heterocycles. The molecular formula is C11H14F3N3O2. The highest BCUT2D eigenvalue weighted by atomic mass is 19.4. The fourth-order valence-electron chi connectivity index (χ4n) is 1.90. The molecule has 5 nitrogen and oxygen atoms in total. The van der Waals surface area contributed by atoms with E-state index in [4.69, 9.17) is 0 Å². The molecular weight excluding hydrogens is 263 g/mol. The number of rotatable bonds is 4. The van der Waals surface area contributed by atoms with Gasteiger partial charge in [0.2, 0.25) is 0 Å². The minimum absolute atomic E-state index is 0.130. The quantitative estimate of drug-likeness (QED) is 0.788. The Labute approximate surface area is 107 Å². The topological polar surface area (TPSA) is 67.0 Å². The zero-order chi connectivity index (χ0) is 13.9. The molecule has 1 aliphatic heterocycles. The molecule has 0 fully saturated rings. The van der Waals surface area contributed by atoms with Crippen LogP contribution in [0, 0.1) is 0 Å². The maximum Gasteiger partial charge on any atom is 0.411 e. The molecule has 0 spiro atoms. The molecule has 0 bridgehead atoms. The summed E-state index contributed by atoms with van der Waals surface area (Å²) < 4.78 is 40.1. The Morgan fingerprint density at radius 1 is 1.37 bits per heavy atom. The molecule has 106 valence electrons. The molecule has 0 radical (unpaired) electrons. The van der Waals surface area contributed by atoms with Crippen molar-refractivity contribution in [1.29, 1.82) is 0 Å². The molecule has 0 aliphatic carbocycles. The van der Waals surface area contributed by atoms with Crippen LogP contribution in [0.5, 0.6) is 0 Å². The van der Waals surface area contributed by atoms with Crippen molar-refractivity contribution in [3.63, 3.8) is 0 Å². The van der Waals surface area contributed by atoms with E-state index in [9.17, 15) is 18.0 Å². The molecule has 2 rings (SSSR count). The SMILES string of the molecule is O=c1[nH]c(CCOCC(F)(F)F)nc2c1CCNC2. The number of H-pyrrole nitrogens is 1. The molecule has 0 saturated carbocycles. The summed E-state index contributed by atoms with van der Waals surface area (Å²) in [7, 11) is 0. The van der Waals surface area contributed by atoms with Crippen LogP contribution in [0.3, 0.4) is 0 Å². The standard InChI is InChI=1S/C11H14F3N3O2/c12-11(13,14)6-19-4-2-9-16-8-5-15-3-1-7(8)10(18)17-9/h15H,1-6H2,(H,16,17,18). The molecule has 0 amide bonds. The van der Waals surface area contributed by atoms with Crippen LogP contribution >= 0.6 is 0 Å².